The lowest BCUT2D eigenvalue weighted by Crippen LogP contribution is -2.17. The van der Waals surface area contributed by atoms with E-state index < -0.39 is 12.2 Å². The SMILES string of the molecule is CN(C)c1ccc(-c2cccc(OC(F)(F)F)c2)c(F)c1. The van der Waals surface area contributed by atoms with Crippen LogP contribution >= 0.6 is 0 Å². The molecule has 0 aromatic heterocycles. The predicted molar refractivity (Wildman–Crippen MR) is 72.8 cm³/mol. The van der Waals surface area contributed by atoms with Crippen LogP contribution in [0, 0.1) is 5.82 Å². The maximum Gasteiger partial charge on any atom is 0.573 e. The van der Waals surface area contributed by atoms with E-state index in [0.29, 0.717) is 11.3 Å². The topological polar surface area (TPSA) is 12.5 Å². The van der Waals surface area contributed by atoms with Gasteiger partial charge in [0.1, 0.15) is 11.6 Å². The van der Waals surface area contributed by atoms with Crippen LogP contribution in [0.2, 0.25) is 0 Å². The minimum atomic E-state index is -4.77. The van der Waals surface area contributed by atoms with Crippen molar-refractivity contribution in [1.82, 2.24) is 0 Å². The van der Waals surface area contributed by atoms with Crippen LogP contribution in [0.1, 0.15) is 0 Å². The molecule has 6 heteroatoms. The average Bonchev–Trinajstić information content (AvgIpc) is 2.36. The van der Waals surface area contributed by atoms with Crippen LogP contribution in [0.15, 0.2) is 42.5 Å². The van der Waals surface area contributed by atoms with E-state index in [1.807, 2.05) is 0 Å². The number of ether oxygens (including phenoxy) is 1. The lowest BCUT2D eigenvalue weighted by Gasteiger charge is -2.14. The van der Waals surface area contributed by atoms with Crippen molar-refractivity contribution in [3.05, 3.63) is 48.3 Å². The standard InChI is InChI=1S/C15H13F4NO/c1-20(2)11-6-7-13(14(16)9-11)10-4-3-5-12(8-10)21-15(17,18)19/h3-9H,1-2H3. The summed E-state index contributed by atoms with van der Waals surface area (Å²) in [6.45, 7) is 0. The minimum absolute atomic E-state index is 0.216. The summed E-state index contributed by atoms with van der Waals surface area (Å²) >= 11 is 0. The Hall–Kier alpha value is -2.24. The van der Waals surface area contributed by atoms with Crippen LogP contribution in [0.25, 0.3) is 11.1 Å². The largest absolute Gasteiger partial charge is 0.573 e. The van der Waals surface area contributed by atoms with Gasteiger partial charge in [-0.05, 0) is 35.9 Å². The Balaban J connectivity index is 2.36. The molecule has 2 aromatic carbocycles. The van der Waals surface area contributed by atoms with Crippen molar-refractivity contribution in [1.29, 1.82) is 0 Å². The van der Waals surface area contributed by atoms with Gasteiger partial charge in [0.05, 0.1) is 0 Å². The Labute approximate surface area is 119 Å². The molecule has 0 unspecified atom stereocenters. The molecule has 112 valence electrons. The molecule has 0 radical (unpaired) electrons. The first-order valence-corrected chi connectivity index (χ1v) is 6.09. The molecule has 2 nitrogen and oxygen atoms in total. The van der Waals surface area contributed by atoms with Gasteiger partial charge in [0.25, 0.3) is 0 Å². The van der Waals surface area contributed by atoms with Crippen molar-refractivity contribution in [2.45, 2.75) is 6.36 Å². The van der Waals surface area contributed by atoms with Gasteiger partial charge in [-0.3, -0.25) is 0 Å². The first kappa shape index (κ1) is 15.2. The summed E-state index contributed by atoms with van der Waals surface area (Å²) in [6, 6.07) is 9.77. The van der Waals surface area contributed by atoms with Crippen LogP contribution in [0.5, 0.6) is 5.75 Å². The van der Waals surface area contributed by atoms with Gasteiger partial charge in [0.15, 0.2) is 0 Å². The number of nitrogens with zero attached hydrogens (tertiary/aromatic N) is 1. The summed E-state index contributed by atoms with van der Waals surface area (Å²) in [6.07, 6.45) is -4.77. The molecule has 0 amide bonds. The number of hydrogen-bond acceptors (Lipinski definition) is 2. The zero-order chi connectivity index (χ0) is 15.6. The second-order valence-corrected chi connectivity index (χ2v) is 4.63. The lowest BCUT2D eigenvalue weighted by molar-refractivity contribution is -0.274. The summed E-state index contributed by atoms with van der Waals surface area (Å²) in [5.74, 6) is -0.888. The first-order chi connectivity index (χ1) is 9.76. The van der Waals surface area contributed by atoms with Gasteiger partial charge in [0.2, 0.25) is 0 Å². The molecule has 2 rings (SSSR count). The number of alkyl halides is 3. The minimum Gasteiger partial charge on any atom is -0.406 e. The molecule has 0 aliphatic heterocycles. The highest BCUT2D eigenvalue weighted by Gasteiger charge is 2.31. The molecule has 0 saturated heterocycles. The zero-order valence-corrected chi connectivity index (χ0v) is 11.4. The van der Waals surface area contributed by atoms with E-state index in [1.165, 1.54) is 30.3 Å². The normalized spacial score (nSPS) is 11.3. The third-order valence-corrected chi connectivity index (χ3v) is 2.85. The van der Waals surface area contributed by atoms with E-state index in [4.69, 9.17) is 0 Å². The number of anilines is 1. The fourth-order valence-electron chi connectivity index (χ4n) is 1.88. The predicted octanol–water partition coefficient (Wildman–Crippen LogP) is 4.46. The van der Waals surface area contributed by atoms with E-state index in [-0.39, 0.29) is 11.3 Å². The Morgan fingerprint density at radius 2 is 1.71 bits per heavy atom. The van der Waals surface area contributed by atoms with Crippen molar-refractivity contribution in [2.75, 3.05) is 19.0 Å². The fraction of sp³-hybridized carbons (Fsp3) is 0.200. The summed E-state index contributed by atoms with van der Waals surface area (Å²) in [5, 5.41) is 0. The van der Waals surface area contributed by atoms with E-state index in [0.717, 1.165) is 6.07 Å². The Morgan fingerprint density at radius 3 is 2.29 bits per heavy atom. The summed E-state index contributed by atoms with van der Waals surface area (Å²) in [7, 11) is 3.54. The molecule has 0 saturated carbocycles. The molecule has 0 bridgehead atoms. The highest BCUT2D eigenvalue weighted by atomic mass is 19.4. The monoisotopic (exact) mass is 299 g/mol. The van der Waals surface area contributed by atoms with Gasteiger partial charge >= 0.3 is 6.36 Å². The highest BCUT2D eigenvalue weighted by molar-refractivity contribution is 5.68. The number of rotatable bonds is 3. The second kappa shape index (κ2) is 5.63. The van der Waals surface area contributed by atoms with Gasteiger partial charge in [0, 0.05) is 25.3 Å². The molecular weight excluding hydrogens is 286 g/mol. The molecule has 0 fully saturated rings. The number of benzene rings is 2. The number of hydrogen-bond donors (Lipinski definition) is 0. The molecular formula is C15H13F4NO. The van der Waals surface area contributed by atoms with E-state index in [9.17, 15) is 17.6 Å². The molecule has 0 spiro atoms. The van der Waals surface area contributed by atoms with Crippen molar-refractivity contribution in [3.8, 4) is 16.9 Å². The van der Waals surface area contributed by atoms with Crippen LogP contribution in [-0.4, -0.2) is 20.5 Å². The maximum absolute atomic E-state index is 14.1. The van der Waals surface area contributed by atoms with Crippen LogP contribution in [0.3, 0.4) is 0 Å². The summed E-state index contributed by atoms with van der Waals surface area (Å²) in [5.41, 5.74) is 1.20. The second-order valence-electron chi connectivity index (χ2n) is 4.63. The third kappa shape index (κ3) is 3.87. The van der Waals surface area contributed by atoms with E-state index in [1.54, 1.807) is 25.1 Å². The highest BCUT2D eigenvalue weighted by Crippen LogP contribution is 2.30. The quantitative estimate of drug-likeness (QED) is 0.776. The van der Waals surface area contributed by atoms with E-state index in [2.05, 4.69) is 4.74 Å². The molecule has 21 heavy (non-hydrogen) atoms. The first-order valence-electron chi connectivity index (χ1n) is 6.09. The van der Waals surface area contributed by atoms with Crippen molar-refractivity contribution < 1.29 is 22.3 Å². The number of halogens is 4. The van der Waals surface area contributed by atoms with Crippen molar-refractivity contribution in [3.63, 3.8) is 0 Å². The van der Waals surface area contributed by atoms with Gasteiger partial charge in [-0.25, -0.2) is 4.39 Å². The smallest absolute Gasteiger partial charge is 0.406 e. The van der Waals surface area contributed by atoms with Gasteiger partial charge in [-0.2, -0.15) is 0 Å². The van der Waals surface area contributed by atoms with Crippen molar-refractivity contribution >= 4 is 5.69 Å². The van der Waals surface area contributed by atoms with Gasteiger partial charge in [-0.15, -0.1) is 13.2 Å². The molecule has 0 atom stereocenters. The molecule has 0 heterocycles. The Bertz CT molecular complexity index is 638. The molecule has 0 N–H and O–H groups in total. The Morgan fingerprint density at radius 1 is 1.00 bits per heavy atom. The third-order valence-electron chi connectivity index (χ3n) is 2.85. The Kier molecular flexibility index (Phi) is 4.06. The summed E-state index contributed by atoms with van der Waals surface area (Å²) in [4.78, 5) is 1.73. The van der Waals surface area contributed by atoms with Crippen LogP contribution < -0.4 is 9.64 Å². The van der Waals surface area contributed by atoms with Crippen LogP contribution in [0.4, 0.5) is 23.2 Å². The molecule has 2 aromatic rings. The maximum atomic E-state index is 14.1. The van der Waals surface area contributed by atoms with Gasteiger partial charge in [-0.1, -0.05) is 12.1 Å². The summed E-state index contributed by atoms with van der Waals surface area (Å²) < 4.78 is 54.5. The average molecular weight is 299 g/mol. The zero-order valence-electron chi connectivity index (χ0n) is 11.4. The van der Waals surface area contributed by atoms with Gasteiger partial charge < -0.3 is 9.64 Å². The lowest BCUT2D eigenvalue weighted by atomic mass is 10.0. The fourth-order valence-corrected chi connectivity index (χ4v) is 1.88. The van der Waals surface area contributed by atoms with Crippen molar-refractivity contribution in [2.24, 2.45) is 0 Å². The van der Waals surface area contributed by atoms with Crippen LogP contribution in [-0.2, 0) is 0 Å². The molecule has 0 aliphatic rings. The molecule has 0 aliphatic carbocycles. The van der Waals surface area contributed by atoms with E-state index >= 15 is 0 Å².